The van der Waals surface area contributed by atoms with Crippen LogP contribution in [-0.2, 0) is 27.1 Å². The molecule has 0 amide bonds. The van der Waals surface area contributed by atoms with Crippen molar-refractivity contribution in [1.29, 1.82) is 0 Å². The molecule has 8 nitrogen and oxygen atoms in total. The molecular formula is C18H26N4O4S2. The van der Waals surface area contributed by atoms with Crippen molar-refractivity contribution >= 4 is 25.7 Å². The number of rotatable bonds is 5. The fourth-order valence-electron chi connectivity index (χ4n) is 3.61. The molecule has 0 bridgehead atoms. The molecule has 154 valence electrons. The molecule has 1 aromatic carbocycles. The van der Waals surface area contributed by atoms with Crippen molar-refractivity contribution in [2.45, 2.75) is 55.9 Å². The number of piperidine rings is 1. The topological polar surface area (TPSA) is 101 Å². The zero-order chi connectivity index (χ0) is 20.7. The summed E-state index contributed by atoms with van der Waals surface area (Å²) in [6.45, 7) is 5.75. The molecule has 3 rings (SSSR count). The van der Waals surface area contributed by atoms with E-state index in [9.17, 15) is 16.8 Å². The van der Waals surface area contributed by atoms with Gasteiger partial charge in [-0.2, -0.15) is 9.40 Å². The van der Waals surface area contributed by atoms with Crippen molar-refractivity contribution in [3.05, 3.63) is 35.7 Å². The Bertz CT molecular complexity index is 1070. The standard InChI is InChI=1S/C18H26N4O4S2/c1-13-7-5-6-12-22(13)28(25,26)17-10-8-16(9-11-17)20-27(23,24)18-14(2)19-21(4)15(18)3/h8-11,13,20H,5-7,12H2,1-4H3. The van der Waals surface area contributed by atoms with Crippen LogP contribution in [0.2, 0.25) is 0 Å². The van der Waals surface area contributed by atoms with E-state index in [1.165, 1.54) is 33.3 Å². The van der Waals surface area contributed by atoms with Gasteiger partial charge in [0, 0.05) is 25.3 Å². The second-order valence-corrected chi connectivity index (χ2v) is 10.7. The van der Waals surface area contributed by atoms with Gasteiger partial charge in [0.1, 0.15) is 4.90 Å². The van der Waals surface area contributed by atoms with Crippen LogP contribution in [0.1, 0.15) is 37.6 Å². The predicted octanol–water partition coefficient (Wildman–Crippen LogP) is 2.40. The van der Waals surface area contributed by atoms with Crippen LogP contribution in [0.4, 0.5) is 5.69 Å². The predicted molar refractivity (Wildman–Crippen MR) is 107 cm³/mol. The van der Waals surface area contributed by atoms with Crippen LogP contribution in [0.5, 0.6) is 0 Å². The van der Waals surface area contributed by atoms with Crippen molar-refractivity contribution in [1.82, 2.24) is 14.1 Å². The van der Waals surface area contributed by atoms with Gasteiger partial charge in [-0.1, -0.05) is 6.42 Å². The van der Waals surface area contributed by atoms with E-state index in [1.54, 1.807) is 20.9 Å². The third kappa shape index (κ3) is 3.81. The molecule has 1 aromatic heterocycles. The van der Waals surface area contributed by atoms with Crippen LogP contribution in [0.3, 0.4) is 0 Å². The summed E-state index contributed by atoms with van der Waals surface area (Å²) < 4.78 is 56.8. The van der Waals surface area contributed by atoms with Crippen molar-refractivity contribution in [2.75, 3.05) is 11.3 Å². The van der Waals surface area contributed by atoms with Gasteiger partial charge in [-0.25, -0.2) is 16.8 Å². The summed E-state index contributed by atoms with van der Waals surface area (Å²) in [6, 6.07) is 5.79. The first-order chi connectivity index (χ1) is 13.0. The Morgan fingerprint density at radius 1 is 1.07 bits per heavy atom. The van der Waals surface area contributed by atoms with Crippen LogP contribution in [0.25, 0.3) is 0 Å². The highest BCUT2D eigenvalue weighted by Gasteiger charge is 2.31. The molecule has 1 aliphatic rings. The zero-order valence-corrected chi connectivity index (χ0v) is 18.1. The number of anilines is 1. The average Bonchev–Trinajstić information content (AvgIpc) is 2.88. The van der Waals surface area contributed by atoms with Crippen LogP contribution in [-0.4, -0.2) is 43.5 Å². The summed E-state index contributed by atoms with van der Waals surface area (Å²) in [7, 11) is -5.73. The number of nitrogens with one attached hydrogen (secondary N) is 1. The molecule has 0 spiro atoms. The van der Waals surface area contributed by atoms with Gasteiger partial charge in [-0.15, -0.1) is 0 Å². The Labute approximate surface area is 166 Å². The smallest absolute Gasteiger partial charge is 0.265 e. The number of sulfonamides is 2. The molecule has 1 saturated heterocycles. The molecule has 1 aliphatic heterocycles. The first kappa shape index (κ1) is 20.8. The normalized spacial score (nSPS) is 18.9. The van der Waals surface area contributed by atoms with Crippen molar-refractivity contribution < 1.29 is 16.8 Å². The molecule has 1 unspecified atom stereocenters. The third-order valence-electron chi connectivity index (χ3n) is 5.17. The van der Waals surface area contributed by atoms with Gasteiger partial charge in [0.05, 0.1) is 16.3 Å². The highest BCUT2D eigenvalue weighted by atomic mass is 32.2. The lowest BCUT2D eigenvalue weighted by Gasteiger charge is -2.32. The summed E-state index contributed by atoms with van der Waals surface area (Å²) in [4.78, 5) is 0.298. The number of hydrogen-bond donors (Lipinski definition) is 1. The number of hydrogen-bond acceptors (Lipinski definition) is 5. The Kier molecular flexibility index (Phi) is 5.57. The van der Waals surface area contributed by atoms with E-state index in [0.717, 1.165) is 19.3 Å². The van der Waals surface area contributed by atoms with Gasteiger partial charge >= 0.3 is 0 Å². The maximum Gasteiger partial charge on any atom is 0.265 e. The minimum absolute atomic E-state index is 0.0338. The molecule has 28 heavy (non-hydrogen) atoms. The van der Waals surface area contributed by atoms with E-state index in [4.69, 9.17) is 0 Å². The first-order valence-electron chi connectivity index (χ1n) is 9.19. The molecule has 1 fully saturated rings. The largest absolute Gasteiger partial charge is 0.280 e. The third-order valence-corrected chi connectivity index (χ3v) is 8.83. The molecule has 10 heteroatoms. The van der Waals surface area contributed by atoms with E-state index in [1.807, 2.05) is 6.92 Å². The van der Waals surface area contributed by atoms with Gasteiger partial charge in [0.25, 0.3) is 10.0 Å². The maximum absolute atomic E-state index is 12.9. The number of aryl methyl sites for hydroxylation is 2. The lowest BCUT2D eigenvalue weighted by atomic mass is 10.1. The van der Waals surface area contributed by atoms with Crippen LogP contribution in [0.15, 0.2) is 34.1 Å². The van der Waals surface area contributed by atoms with Crippen molar-refractivity contribution in [3.8, 4) is 0 Å². The molecule has 1 atom stereocenters. The first-order valence-corrected chi connectivity index (χ1v) is 12.1. The van der Waals surface area contributed by atoms with Gasteiger partial charge in [0.15, 0.2) is 0 Å². The Hall–Kier alpha value is -1.91. The van der Waals surface area contributed by atoms with E-state index in [0.29, 0.717) is 23.6 Å². The van der Waals surface area contributed by atoms with Crippen molar-refractivity contribution in [3.63, 3.8) is 0 Å². The summed E-state index contributed by atoms with van der Waals surface area (Å²) in [5, 5.41) is 4.14. The highest BCUT2D eigenvalue weighted by Crippen LogP contribution is 2.27. The lowest BCUT2D eigenvalue weighted by Crippen LogP contribution is -2.41. The number of aromatic nitrogens is 2. The Morgan fingerprint density at radius 2 is 1.71 bits per heavy atom. The Morgan fingerprint density at radius 3 is 2.25 bits per heavy atom. The Balaban J connectivity index is 1.85. The molecule has 1 N–H and O–H groups in total. The number of benzene rings is 1. The molecule has 2 heterocycles. The fraction of sp³-hybridized carbons (Fsp3) is 0.500. The summed E-state index contributed by atoms with van der Waals surface area (Å²) in [5.41, 5.74) is 1.24. The van der Waals surface area contributed by atoms with Crippen LogP contribution >= 0.6 is 0 Å². The second kappa shape index (κ2) is 7.49. The lowest BCUT2D eigenvalue weighted by molar-refractivity contribution is 0.268. The summed E-state index contributed by atoms with van der Waals surface area (Å²) >= 11 is 0. The molecule has 0 radical (unpaired) electrons. The maximum atomic E-state index is 12.9. The monoisotopic (exact) mass is 426 g/mol. The van der Waals surface area contributed by atoms with Crippen LogP contribution in [0, 0.1) is 13.8 Å². The fourth-order valence-corrected chi connectivity index (χ4v) is 6.81. The van der Waals surface area contributed by atoms with E-state index >= 15 is 0 Å². The van der Waals surface area contributed by atoms with Gasteiger partial charge in [-0.3, -0.25) is 9.40 Å². The van der Waals surface area contributed by atoms with E-state index < -0.39 is 20.0 Å². The second-order valence-electron chi connectivity index (χ2n) is 7.21. The zero-order valence-electron chi connectivity index (χ0n) is 16.5. The molecular weight excluding hydrogens is 400 g/mol. The van der Waals surface area contributed by atoms with E-state index in [2.05, 4.69) is 9.82 Å². The number of nitrogens with zero attached hydrogens (tertiary/aromatic N) is 3. The molecule has 0 aliphatic carbocycles. The van der Waals surface area contributed by atoms with Gasteiger partial charge < -0.3 is 0 Å². The summed E-state index contributed by atoms with van der Waals surface area (Å²) in [5.74, 6) is 0. The minimum atomic E-state index is -3.82. The SMILES string of the molecule is Cc1nn(C)c(C)c1S(=O)(=O)Nc1ccc(S(=O)(=O)N2CCCCC2C)cc1. The van der Waals surface area contributed by atoms with Gasteiger partial charge in [0.2, 0.25) is 10.0 Å². The van der Waals surface area contributed by atoms with Crippen molar-refractivity contribution in [2.24, 2.45) is 7.05 Å². The average molecular weight is 427 g/mol. The van der Waals surface area contributed by atoms with E-state index in [-0.39, 0.29) is 15.8 Å². The molecule has 2 aromatic rings. The minimum Gasteiger partial charge on any atom is -0.280 e. The molecule has 0 saturated carbocycles. The quantitative estimate of drug-likeness (QED) is 0.791. The highest BCUT2D eigenvalue weighted by molar-refractivity contribution is 7.92. The summed E-state index contributed by atoms with van der Waals surface area (Å²) in [6.07, 6.45) is 2.73. The van der Waals surface area contributed by atoms with Crippen LogP contribution < -0.4 is 4.72 Å². The van der Waals surface area contributed by atoms with Gasteiger partial charge in [-0.05, 0) is 57.9 Å².